The van der Waals surface area contributed by atoms with Gasteiger partial charge in [0.25, 0.3) is 0 Å². The summed E-state index contributed by atoms with van der Waals surface area (Å²) < 4.78 is 4.88. The molecule has 0 aromatic heterocycles. The number of ether oxygens (including phenoxy) is 1. The van der Waals surface area contributed by atoms with Gasteiger partial charge in [-0.3, -0.25) is 0 Å². The number of halogens is 2. The van der Waals surface area contributed by atoms with Crippen molar-refractivity contribution >= 4 is 23.2 Å². The van der Waals surface area contributed by atoms with Crippen molar-refractivity contribution in [2.45, 2.75) is 5.88 Å². The first-order valence-corrected chi connectivity index (χ1v) is 4.21. The summed E-state index contributed by atoms with van der Waals surface area (Å²) >= 11 is 11.4. The van der Waals surface area contributed by atoms with E-state index in [1.165, 1.54) is 13.2 Å². The van der Waals surface area contributed by atoms with Crippen LogP contribution in [-0.2, 0) is 5.88 Å². The van der Waals surface area contributed by atoms with Crippen LogP contribution in [0, 0.1) is 0 Å². The van der Waals surface area contributed by atoms with Gasteiger partial charge in [0.05, 0.1) is 7.11 Å². The normalized spacial score (nSPS) is 9.92. The molecule has 0 aliphatic rings. The predicted molar refractivity (Wildman–Crippen MR) is 49.2 cm³/mol. The molecule has 0 aliphatic heterocycles. The van der Waals surface area contributed by atoms with Crippen molar-refractivity contribution in [3.8, 4) is 11.5 Å². The van der Waals surface area contributed by atoms with Crippen LogP contribution >= 0.6 is 23.2 Å². The smallest absolute Gasteiger partial charge is 0.160 e. The lowest BCUT2D eigenvalue weighted by Crippen LogP contribution is -1.87. The maximum absolute atomic E-state index is 9.26. The number of phenols is 1. The second-order valence-corrected chi connectivity index (χ2v) is 2.92. The van der Waals surface area contributed by atoms with Crippen LogP contribution < -0.4 is 4.74 Å². The lowest BCUT2D eigenvalue weighted by Gasteiger charge is -2.06. The van der Waals surface area contributed by atoms with E-state index in [4.69, 9.17) is 27.9 Å². The van der Waals surface area contributed by atoms with Crippen molar-refractivity contribution in [3.05, 3.63) is 22.7 Å². The molecule has 0 spiro atoms. The standard InChI is InChI=1S/C8H8Cl2O2/c1-12-8-2-5(4-9)6(10)3-7(8)11/h2-3,11H,4H2,1H3. The van der Waals surface area contributed by atoms with Crippen LogP contribution in [0.3, 0.4) is 0 Å². The Bertz CT molecular complexity index is 261. The van der Waals surface area contributed by atoms with Crippen LogP contribution in [0.1, 0.15) is 5.56 Å². The van der Waals surface area contributed by atoms with Gasteiger partial charge in [-0.2, -0.15) is 0 Å². The van der Waals surface area contributed by atoms with Crippen molar-refractivity contribution in [2.24, 2.45) is 0 Å². The minimum absolute atomic E-state index is 0.0244. The van der Waals surface area contributed by atoms with Gasteiger partial charge >= 0.3 is 0 Å². The Hall–Kier alpha value is -0.600. The Labute approximate surface area is 80.7 Å². The Balaban J connectivity index is 3.18. The monoisotopic (exact) mass is 206 g/mol. The highest BCUT2D eigenvalue weighted by Crippen LogP contribution is 2.32. The third-order valence-electron chi connectivity index (χ3n) is 1.49. The van der Waals surface area contributed by atoms with Gasteiger partial charge in [0, 0.05) is 17.0 Å². The summed E-state index contributed by atoms with van der Waals surface area (Å²) in [4.78, 5) is 0. The number of phenolic OH excluding ortho intramolecular Hbond substituents is 1. The van der Waals surface area contributed by atoms with Crippen molar-refractivity contribution < 1.29 is 9.84 Å². The predicted octanol–water partition coefficient (Wildman–Crippen LogP) is 2.79. The largest absolute Gasteiger partial charge is 0.504 e. The van der Waals surface area contributed by atoms with E-state index in [2.05, 4.69) is 0 Å². The van der Waals surface area contributed by atoms with Crippen LogP contribution in [0.5, 0.6) is 11.5 Å². The molecule has 1 rings (SSSR count). The molecular weight excluding hydrogens is 199 g/mol. The maximum atomic E-state index is 9.26. The zero-order valence-corrected chi connectivity index (χ0v) is 7.99. The van der Waals surface area contributed by atoms with Gasteiger partial charge in [0.1, 0.15) is 0 Å². The molecule has 2 nitrogen and oxygen atoms in total. The Morgan fingerprint density at radius 1 is 1.50 bits per heavy atom. The molecule has 1 N–H and O–H groups in total. The van der Waals surface area contributed by atoms with Gasteiger partial charge in [-0.25, -0.2) is 0 Å². The molecule has 0 saturated heterocycles. The molecule has 12 heavy (non-hydrogen) atoms. The fourth-order valence-corrected chi connectivity index (χ4v) is 1.37. The third kappa shape index (κ3) is 1.76. The van der Waals surface area contributed by atoms with Crippen LogP contribution in [0.4, 0.5) is 0 Å². The van der Waals surface area contributed by atoms with Gasteiger partial charge in [-0.15, -0.1) is 11.6 Å². The molecular formula is C8H8Cl2O2. The maximum Gasteiger partial charge on any atom is 0.160 e. The van der Waals surface area contributed by atoms with Crippen molar-refractivity contribution in [1.29, 1.82) is 0 Å². The van der Waals surface area contributed by atoms with Crippen molar-refractivity contribution in [1.82, 2.24) is 0 Å². The van der Waals surface area contributed by atoms with Crippen LogP contribution in [0.25, 0.3) is 0 Å². The summed E-state index contributed by atoms with van der Waals surface area (Å²) in [6.45, 7) is 0. The molecule has 0 radical (unpaired) electrons. The number of hydrogen-bond acceptors (Lipinski definition) is 2. The average molecular weight is 207 g/mol. The zero-order valence-electron chi connectivity index (χ0n) is 6.47. The highest BCUT2D eigenvalue weighted by molar-refractivity contribution is 6.32. The first-order valence-electron chi connectivity index (χ1n) is 3.30. The molecule has 1 aromatic rings. The summed E-state index contributed by atoms with van der Waals surface area (Å²) in [7, 11) is 1.47. The number of rotatable bonds is 2. The zero-order chi connectivity index (χ0) is 9.14. The summed E-state index contributed by atoms with van der Waals surface area (Å²) in [5, 5.41) is 9.71. The Morgan fingerprint density at radius 3 is 2.67 bits per heavy atom. The Morgan fingerprint density at radius 2 is 2.17 bits per heavy atom. The summed E-state index contributed by atoms with van der Waals surface area (Å²) in [5.41, 5.74) is 0.744. The highest BCUT2D eigenvalue weighted by Gasteiger charge is 2.06. The van der Waals surface area contributed by atoms with Crippen molar-refractivity contribution in [3.63, 3.8) is 0 Å². The molecule has 0 aliphatic carbocycles. The molecule has 66 valence electrons. The van der Waals surface area contributed by atoms with Crippen LogP contribution in [0.2, 0.25) is 5.02 Å². The second kappa shape index (κ2) is 3.87. The lowest BCUT2D eigenvalue weighted by atomic mass is 10.2. The van der Waals surface area contributed by atoms with Gasteiger partial charge < -0.3 is 9.84 Å². The molecule has 0 unspecified atom stereocenters. The van der Waals surface area contributed by atoms with E-state index in [-0.39, 0.29) is 5.75 Å². The van der Waals surface area contributed by atoms with Gasteiger partial charge in [0.15, 0.2) is 11.5 Å². The Kier molecular flexibility index (Phi) is 3.06. The topological polar surface area (TPSA) is 29.5 Å². The first kappa shape index (κ1) is 9.49. The quantitative estimate of drug-likeness (QED) is 0.755. The fourth-order valence-electron chi connectivity index (χ4n) is 0.851. The highest BCUT2D eigenvalue weighted by atomic mass is 35.5. The third-order valence-corrected chi connectivity index (χ3v) is 2.13. The van der Waals surface area contributed by atoms with Crippen LogP contribution in [0.15, 0.2) is 12.1 Å². The average Bonchev–Trinajstić information content (AvgIpc) is 2.05. The number of alkyl halides is 1. The molecule has 0 heterocycles. The van der Waals surface area contributed by atoms with E-state index in [0.29, 0.717) is 16.7 Å². The molecule has 1 aromatic carbocycles. The van der Waals surface area contributed by atoms with Crippen molar-refractivity contribution in [2.75, 3.05) is 7.11 Å². The first-order chi connectivity index (χ1) is 5.69. The lowest BCUT2D eigenvalue weighted by molar-refractivity contribution is 0.373. The van der Waals surface area contributed by atoms with Gasteiger partial charge in [-0.05, 0) is 11.6 Å². The van der Waals surface area contributed by atoms with E-state index in [1.807, 2.05) is 0 Å². The minimum Gasteiger partial charge on any atom is -0.504 e. The van der Waals surface area contributed by atoms with Crippen LogP contribution in [-0.4, -0.2) is 12.2 Å². The molecule has 0 atom stereocenters. The molecule has 0 amide bonds. The van der Waals surface area contributed by atoms with E-state index in [9.17, 15) is 5.11 Å². The van der Waals surface area contributed by atoms with E-state index < -0.39 is 0 Å². The summed E-state index contributed by atoms with van der Waals surface area (Å²) in [6.07, 6.45) is 0. The molecule has 4 heteroatoms. The molecule has 0 saturated carbocycles. The molecule has 0 fully saturated rings. The molecule has 0 bridgehead atoms. The number of hydrogen-bond donors (Lipinski definition) is 1. The van der Waals surface area contributed by atoms with E-state index >= 15 is 0 Å². The van der Waals surface area contributed by atoms with E-state index in [1.54, 1.807) is 6.07 Å². The second-order valence-electron chi connectivity index (χ2n) is 2.25. The number of aromatic hydroxyl groups is 1. The van der Waals surface area contributed by atoms with Gasteiger partial charge in [-0.1, -0.05) is 11.6 Å². The minimum atomic E-state index is 0.0244. The summed E-state index contributed by atoms with van der Waals surface area (Å²) in [6, 6.07) is 3.03. The number of methoxy groups -OCH3 is 1. The van der Waals surface area contributed by atoms with Gasteiger partial charge in [0.2, 0.25) is 0 Å². The summed E-state index contributed by atoms with van der Waals surface area (Å²) in [5.74, 6) is 0.710. The number of benzene rings is 1. The van der Waals surface area contributed by atoms with E-state index in [0.717, 1.165) is 5.56 Å². The SMILES string of the molecule is COc1cc(CCl)c(Cl)cc1O. The fraction of sp³-hybridized carbons (Fsp3) is 0.250.